The van der Waals surface area contributed by atoms with Crippen molar-refractivity contribution in [3.63, 3.8) is 0 Å². The zero-order valence-electron chi connectivity index (χ0n) is 11.9. The van der Waals surface area contributed by atoms with E-state index in [1.807, 2.05) is 0 Å². The number of unbranched alkanes of at least 4 members (excludes halogenated alkanes) is 1. The minimum atomic E-state index is -1.67. The number of carboxylic acids is 2. The molecule has 132 valence electrons. The van der Waals surface area contributed by atoms with Crippen molar-refractivity contribution in [2.75, 3.05) is 13.2 Å². The Balaban J connectivity index is 0. The number of aliphatic hydroxyl groups is 6. The van der Waals surface area contributed by atoms with Crippen LogP contribution in [-0.4, -0.2) is 90.4 Å². The highest BCUT2D eigenvalue weighted by Crippen LogP contribution is 2.04. The molecule has 10 heteroatoms. The van der Waals surface area contributed by atoms with Gasteiger partial charge in [-0.2, -0.15) is 0 Å². The van der Waals surface area contributed by atoms with Gasteiger partial charge in [0.1, 0.15) is 24.4 Å². The van der Waals surface area contributed by atoms with Gasteiger partial charge >= 0.3 is 11.9 Å². The van der Waals surface area contributed by atoms with Gasteiger partial charge in [0.15, 0.2) is 0 Å². The maximum Gasteiger partial charge on any atom is 0.303 e. The Morgan fingerprint density at radius 2 is 0.955 bits per heavy atom. The third kappa shape index (κ3) is 12.4. The maximum absolute atomic E-state index is 9.90. The van der Waals surface area contributed by atoms with Gasteiger partial charge in [0.25, 0.3) is 0 Å². The summed E-state index contributed by atoms with van der Waals surface area (Å²) < 4.78 is 0. The highest BCUT2D eigenvalue weighted by molar-refractivity contribution is 5.67. The lowest BCUT2D eigenvalue weighted by molar-refractivity contribution is -0.139. The maximum atomic E-state index is 9.90. The third-order valence-corrected chi connectivity index (χ3v) is 2.54. The van der Waals surface area contributed by atoms with Crippen LogP contribution in [0.3, 0.4) is 0 Å². The molecular formula is C12H24O10. The number of aliphatic carboxylic acids is 2. The second kappa shape index (κ2) is 13.4. The lowest BCUT2D eigenvalue weighted by Crippen LogP contribution is -2.46. The normalized spacial score (nSPS) is 15.9. The molecule has 4 unspecified atom stereocenters. The average Bonchev–Trinajstić information content (AvgIpc) is 2.48. The summed E-state index contributed by atoms with van der Waals surface area (Å²) in [6.07, 6.45) is -5.37. The molecule has 0 spiro atoms. The van der Waals surface area contributed by atoms with Crippen molar-refractivity contribution in [3.8, 4) is 0 Å². The SMILES string of the molecule is O=C(O)CCCCC(=O)O.OCC(O)C(O)C(O)C(O)CO. The second-order valence-electron chi connectivity index (χ2n) is 4.48. The van der Waals surface area contributed by atoms with E-state index in [0.29, 0.717) is 12.8 Å². The van der Waals surface area contributed by atoms with Crippen molar-refractivity contribution in [2.24, 2.45) is 0 Å². The first-order valence-electron chi connectivity index (χ1n) is 6.54. The number of rotatable bonds is 10. The Bertz CT molecular complexity index is 278. The van der Waals surface area contributed by atoms with Gasteiger partial charge in [0.05, 0.1) is 13.2 Å². The van der Waals surface area contributed by atoms with Gasteiger partial charge in [0, 0.05) is 12.8 Å². The van der Waals surface area contributed by atoms with Crippen molar-refractivity contribution in [3.05, 3.63) is 0 Å². The van der Waals surface area contributed by atoms with Crippen LogP contribution in [0.25, 0.3) is 0 Å². The molecule has 0 aliphatic rings. The number of carbonyl (C=O) groups is 2. The predicted octanol–water partition coefficient (Wildman–Crippen LogP) is -2.87. The zero-order chi connectivity index (χ0) is 17.7. The van der Waals surface area contributed by atoms with Crippen molar-refractivity contribution in [2.45, 2.75) is 50.1 Å². The summed E-state index contributed by atoms with van der Waals surface area (Å²) in [5.41, 5.74) is 0. The molecule has 0 aliphatic heterocycles. The molecule has 22 heavy (non-hydrogen) atoms. The molecule has 0 bridgehead atoms. The highest BCUT2D eigenvalue weighted by Gasteiger charge is 2.29. The summed E-state index contributed by atoms with van der Waals surface area (Å²) in [4.78, 5) is 19.8. The third-order valence-electron chi connectivity index (χ3n) is 2.54. The van der Waals surface area contributed by atoms with E-state index in [4.69, 9.17) is 40.9 Å². The first-order valence-corrected chi connectivity index (χ1v) is 6.54. The molecule has 0 saturated carbocycles. The summed E-state index contributed by atoms with van der Waals surface area (Å²) in [5, 5.41) is 68.4. The Morgan fingerprint density at radius 3 is 1.14 bits per heavy atom. The molecule has 0 heterocycles. The van der Waals surface area contributed by atoms with Gasteiger partial charge in [0.2, 0.25) is 0 Å². The average molecular weight is 328 g/mol. The summed E-state index contributed by atoms with van der Waals surface area (Å²) in [5.74, 6) is -1.74. The number of carboxylic acid groups (broad SMARTS) is 2. The molecule has 0 aromatic rings. The summed E-state index contributed by atoms with van der Waals surface area (Å²) in [6.45, 7) is -1.45. The molecule has 0 rings (SSSR count). The van der Waals surface area contributed by atoms with Crippen LogP contribution in [-0.2, 0) is 9.59 Å². The Morgan fingerprint density at radius 1 is 0.682 bits per heavy atom. The van der Waals surface area contributed by atoms with Crippen LogP contribution in [0.1, 0.15) is 25.7 Å². The Kier molecular flexibility index (Phi) is 14.0. The van der Waals surface area contributed by atoms with Gasteiger partial charge in [-0.3, -0.25) is 9.59 Å². The van der Waals surface area contributed by atoms with Gasteiger partial charge in [-0.15, -0.1) is 0 Å². The Hall–Kier alpha value is -1.30. The van der Waals surface area contributed by atoms with E-state index < -0.39 is 49.6 Å². The minimum absolute atomic E-state index is 0.0628. The first kappa shape index (κ1) is 23.0. The summed E-state index contributed by atoms with van der Waals surface area (Å²) in [6, 6.07) is 0. The highest BCUT2D eigenvalue weighted by atomic mass is 16.4. The fourth-order valence-corrected chi connectivity index (χ4v) is 1.22. The smallest absolute Gasteiger partial charge is 0.303 e. The molecule has 0 radical (unpaired) electrons. The van der Waals surface area contributed by atoms with Crippen LogP contribution < -0.4 is 0 Å². The quantitative estimate of drug-likeness (QED) is 0.193. The van der Waals surface area contributed by atoms with Crippen LogP contribution in [0.5, 0.6) is 0 Å². The fraction of sp³-hybridized carbons (Fsp3) is 0.833. The summed E-state index contributed by atoms with van der Waals surface area (Å²) >= 11 is 0. The van der Waals surface area contributed by atoms with E-state index in [2.05, 4.69) is 0 Å². The molecule has 8 N–H and O–H groups in total. The number of hydrogen-bond acceptors (Lipinski definition) is 8. The fourth-order valence-electron chi connectivity index (χ4n) is 1.22. The topological polar surface area (TPSA) is 196 Å². The zero-order valence-corrected chi connectivity index (χ0v) is 11.9. The van der Waals surface area contributed by atoms with E-state index in [0.717, 1.165) is 0 Å². The molecule has 0 saturated heterocycles. The molecule has 0 aliphatic carbocycles. The van der Waals surface area contributed by atoms with Gasteiger partial charge in [-0.1, -0.05) is 0 Å². The van der Waals surface area contributed by atoms with Crippen LogP contribution in [0.2, 0.25) is 0 Å². The van der Waals surface area contributed by atoms with E-state index in [-0.39, 0.29) is 12.8 Å². The van der Waals surface area contributed by atoms with E-state index >= 15 is 0 Å². The Labute approximate surface area is 126 Å². The monoisotopic (exact) mass is 328 g/mol. The van der Waals surface area contributed by atoms with Crippen LogP contribution >= 0.6 is 0 Å². The number of aliphatic hydroxyl groups excluding tert-OH is 6. The predicted molar refractivity (Wildman–Crippen MR) is 71.9 cm³/mol. The molecule has 0 fully saturated rings. The molecule has 10 nitrogen and oxygen atoms in total. The molecule has 0 amide bonds. The molecular weight excluding hydrogens is 304 g/mol. The minimum Gasteiger partial charge on any atom is -0.481 e. The van der Waals surface area contributed by atoms with E-state index in [9.17, 15) is 9.59 Å². The van der Waals surface area contributed by atoms with Crippen LogP contribution in [0, 0.1) is 0 Å². The molecule has 0 aromatic carbocycles. The van der Waals surface area contributed by atoms with E-state index in [1.54, 1.807) is 0 Å². The standard InChI is InChI=1S/C6H14O6.C6H10O4/c7-1-3(9)5(11)6(12)4(10)2-8;7-5(8)3-1-2-4-6(9)10/h3-12H,1-2H2;1-4H2,(H,7,8)(H,9,10). The first-order chi connectivity index (χ1) is 10.2. The lowest BCUT2D eigenvalue weighted by atomic mass is 10.0. The summed E-state index contributed by atoms with van der Waals surface area (Å²) in [7, 11) is 0. The second-order valence-corrected chi connectivity index (χ2v) is 4.48. The molecule has 4 atom stereocenters. The lowest BCUT2D eigenvalue weighted by Gasteiger charge is -2.24. The van der Waals surface area contributed by atoms with Crippen LogP contribution in [0.4, 0.5) is 0 Å². The van der Waals surface area contributed by atoms with Crippen molar-refractivity contribution in [1.82, 2.24) is 0 Å². The van der Waals surface area contributed by atoms with Gasteiger partial charge in [-0.25, -0.2) is 0 Å². The van der Waals surface area contributed by atoms with Crippen molar-refractivity contribution in [1.29, 1.82) is 0 Å². The van der Waals surface area contributed by atoms with E-state index in [1.165, 1.54) is 0 Å². The van der Waals surface area contributed by atoms with Crippen LogP contribution in [0.15, 0.2) is 0 Å². The van der Waals surface area contributed by atoms with Gasteiger partial charge < -0.3 is 40.9 Å². The van der Waals surface area contributed by atoms with Crippen molar-refractivity contribution >= 4 is 11.9 Å². The van der Waals surface area contributed by atoms with Gasteiger partial charge in [-0.05, 0) is 12.8 Å². The number of hydrogen-bond donors (Lipinski definition) is 8. The largest absolute Gasteiger partial charge is 0.481 e. The van der Waals surface area contributed by atoms with Crippen molar-refractivity contribution < 1.29 is 50.4 Å². The molecule has 0 aromatic heterocycles.